The summed E-state index contributed by atoms with van der Waals surface area (Å²) < 4.78 is 38.9. The van der Waals surface area contributed by atoms with Crippen LogP contribution in [-0.4, -0.2) is 11.8 Å². The number of amides is 2. The van der Waals surface area contributed by atoms with Gasteiger partial charge in [0, 0.05) is 5.69 Å². The van der Waals surface area contributed by atoms with Gasteiger partial charge in [-0.15, -0.1) is 0 Å². The maximum Gasteiger partial charge on any atom is 0.418 e. The Morgan fingerprint density at radius 2 is 1.62 bits per heavy atom. The Hall–Kier alpha value is -2.83. The van der Waals surface area contributed by atoms with Crippen molar-refractivity contribution < 1.29 is 22.8 Å². The number of aryl methyl sites for hydroxylation is 1. The molecule has 2 amide bonds. The van der Waals surface area contributed by atoms with Gasteiger partial charge in [-0.25, -0.2) is 0 Å². The highest BCUT2D eigenvalue weighted by Gasteiger charge is 2.48. The summed E-state index contributed by atoms with van der Waals surface area (Å²) in [5, 5.41) is 5.03. The average molecular weight is 362 g/mol. The molecule has 2 N–H and O–H groups in total. The number of carbonyl (C=O) groups excluding carboxylic acids is 2. The van der Waals surface area contributed by atoms with E-state index in [1.54, 1.807) is 18.2 Å². The fourth-order valence-electron chi connectivity index (χ4n) is 2.80. The van der Waals surface area contributed by atoms with Crippen molar-refractivity contribution in [2.75, 3.05) is 10.6 Å². The van der Waals surface area contributed by atoms with Gasteiger partial charge in [0.2, 0.25) is 11.8 Å². The van der Waals surface area contributed by atoms with Crippen LogP contribution in [0.4, 0.5) is 24.5 Å². The van der Waals surface area contributed by atoms with Crippen molar-refractivity contribution in [3.8, 4) is 0 Å². The van der Waals surface area contributed by atoms with Crippen molar-refractivity contribution in [2.24, 2.45) is 11.8 Å². The van der Waals surface area contributed by atoms with Crippen LogP contribution in [0.3, 0.4) is 0 Å². The van der Waals surface area contributed by atoms with Gasteiger partial charge in [0.1, 0.15) is 0 Å². The first-order chi connectivity index (χ1) is 12.3. The first-order valence-corrected chi connectivity index (χ1v) is 8.10. The molecule has 0 saturated heterocycles. The Morgan fingerprint density at radius 3 is 2.27 bits per heavy atom. The van der Waals surface area contributed by atoms with Crippen molar-refractivity contribution in [3.63, 3.8) is 0 Å². The summed E-state index contributed by atoms with van der Waals surface area (Å²) in [6.45, 7) is 1.89. The second kappa shape index (κ2) is 6.82. The molecule has 7 heteroatoms. The molecule has 136 valence electrons. The van der Waals surface area contributed by atoms with Crippen molar-refractivity contribution in [3.05, 3.63) is 59.7 Å². The number of halogens is 3. The second-order valence-corrected chi connectivity index (χ2v) is 6.34. The van der Waals surface area contributed by atoms with Crippen molar-refractivity contribution in [1.82, 2.24) is 0 Å². The van der Waals surface area contributed by atoms with Crippen molar-refractivity contribution >= 4 is 23.2 Å². The summed E-state index contributed by atoms with van der Waals surface area (Å²) in [5.74, 6) is -2.04. The molecule has 3 rings (SSSR count). The highest BCUT2D eigenvalue weighted by molar-refractivity contribution is 6.03. The van der Waals surface area contributed by atoms with Crippen LogP contribution < -0.4 is 10.6 Å². The lowest BCUT2D eigenvalue weighted by Gasteiger charge is -2.13. The third-order valence-corrected chi connectivity index (χ3v) is 4.24. The van der Waals surface area contributed by atoms with Gasteiger partial charge in [-0.1, -0.05) is 24.3 Å². The number of carbonyl (C=O) groups is 2. The number of benzene rings is 2. The lowest BCUT2D eigenvalue weighted by atomic mass is 10.1. The third kappa shape index (κ3) is 4.04. The Kier molecular flexibility index (Phi) is 4.71. The van der Waals surface area contributed by atoms with Gasteiger partial charge >= 0.3 is 6.18 Å². The van der Waals surface area contributed by atoms with Gasteiger partial charge in [-0.05, 0) is 43.2 Å². The molecule has 0 radical (unpaired) electrons. The van der Waals surface area contributed by atoms with E-state index in [2.05, 4.69) is 10.6 Å². The molecule has 26 heavy (non-hydrogen) atoms. The van der Waals surface area contributed by atoms with Crippen LogP contribution in [0.15, 0.2) is 48.5 Å². The molecule has 0 heterocycles. The highest BCUT2D eigenvalue weighted by atomic mass is 19.4. The van der Waals surface area contributed by atoms with Crippen LogP contribution in [-0.2, 0) is 15.8 Å². The molecule has 1 aliphatic carbocycles. The smallest absolute Gasteiger partial charge is 0.326 e. The van der Waals surface area contributed by atoms with Crippen LogP contribution in [0.5, 0.6) is 0 Å². The predicted molar refractivity (Wildman–Crippen MR) is 91.5 cm³/mol. The number of nitrogens with one attached hydrogen (secondary N) is 2. The monoisotopic (exact) mass is 362 g/mol. The van der Waals surface area contributed by atoms with Crippen LogP contribution in [0.25, 0.3) is 0 Å². The lowest BCUT2D eigenvalue weighted by molar-refractivity contribution is -0.137. The Morgan fingerprint density at radius 1 is 0.962 bits per heavy atom. The minimum atomic E-state index is -4.56. The maximum absolute atomic E-state index is 13.0. The van der Waals surface area contributed by atoms with E-state index in [0.29, 0.717) is 12.1 Å². The molecule has 2 atom stereocenters. The Balaban J connectivity index is 1.62. The molecule has 2 aromatic carbocycles. The third-order valence-electron chi connectivity index (χ3n) is 4.24. The number of alkyl halides is 3. The first kappa shape index (κ1) is 18.0. The van der Waals surface area contributed by atoms with Crippen LogP contribution >= 0.6 is 0 Å². The molecule has 4 nitrogen and oxygen atoms in total. The van der Waals surface area contributed by atoms with Crippen LogP contribution in [0.1, 0.15) is 17.5 Å². The summed E-state index contributed by atoms with van der Waals surface area (Å²) in [6.07, 6.45) is -4.24. The normalized spacial score (nSPS) is 18.9. The maximum atomic E-state index is 13.0. The van der Waals surface area contributed by atoms with E-state index in [1.807, 2.05) is 13.0 Å². The largest absolute Gasteiger partial charge is 0.418 e. The molecule has 2 unspecified atom stereocenters. The van der Waals surface area contributed by atoms with Crippen molar-refractivity contribution in [1.29, 1.82) is 0 Å². The molecule has 1 saturated carbocycles. The molecular weight excluding hydrogens is 345 g/mol. The van der Waals surface area contributed by atoms with E-state index in [1.165, 1.54) is 18.2 Å². The van der Waals surface area contributed by atoms with E-state index < -0.39 is 29.5 Å². The molecule has 0 aromatic heterocycles. The zero-order valence-electron chi connectivity index (χ0n) is 13.9. The van der Waals surface area contributed by atoms with E-state index in [9.17, 15) is 22.8 Å². The van der Waals surface area contributed by atoms with Crippen LogP contribution in [0, 0.1) is 18.8 Å². The summed E-state index contributed by atoms with van der Waals surface area (Å²) in [5.41, 5.74) is 0.407. The van der Waals surface area contributed by atoms with Gasteiger partial charge in [0.05, 0.1) is 23.1 Å². The molecular formula is C19H17F3N2O2. The van der Waals surface area contributed by atoms with Crippen molar-refractivity contribution in [2.45, 2.75) is 19.5 Å². The van der Waals surface area contributed by atoms with Gasteiger partial charge in [-0.3, -0.25) is 9.59 Å². The SMILES string of the molecule is Cc1cccc(NC(=O)C2CC2C(=O)Nc2ccccc2C(F)(F)F)c1. The first-order valence-electron chi connectivity index (χ1n) is 8.10. The summed E-state index contributed by atoms with van der Waals surface area (Å²) >= 11 is 0. The fraction of sp³-hybridized carbons (Fsp3) is 0.263. The van der Waals surface area contributed by atoms with E-state index >= 15 is 0 Å². The molecule has 1 fully saturated rings. The van der Waals surface area contributed by atoms with Gasteiger partial charge in [-0.2, -0.15) is 13.2 Å². The molecule has 0 bridgehead atoms. The van der Waals surface area contributed by atoms with E-state index in [-0.39, 0.29) is 11.6 Å². The molecule has 2 aromatic rings. The summed E-state index contributed by atoms with van der Waals surface area (Å²) in [4.78, 5) is 24.4. The molecule has 0 spiro atoms. The Bertz CT molecular complexity index is 849. The van der Waals surface area contributed by atoms with Gasteiger partial charge < -0.3 is 10.6 Å². The Labute approximate surface area is 148 Å². The topological polar surface area (TPSA) is 58.2 Å². The second-order valence-electron chi connectivity index (χ2n) is 6.34. The average Bonchev–Trinajstić information content (AvgIpc) is 3.35. The van der Waals surface area contributed by atoms with Crippen LogP contribution in [0.2, 0.25) is 0 Å². The molecule has 1 aliphatic rings. The summed E-state index contributed by atoms with van der Waals surface area (Å²) in [7, 11) is 0. The number of hydrogen-bond acceptors (Lipinski definition) is 2. The molecule has 0 aliphatic heterocycles. The standard InChI is InChI=1S/C19H17F3N2O2/c1-11-5-4-6-12(9-11)23-17(25)13-10-14(13)18(26)24-16-8-3-2-7-15(16)19(20,21)22/h2-9,13-14H,10H2,1H3,(H,23,25)(H,24,26). The summed E-state index contributed by atoms with van der Waals surface area (Å²) in [6, 6.07) is 12.0. The van der Waals surface area contributed by atoms with E-state index in [0.717, 1.165) is 11.6 Å². The van der Waals surface area contributed by atoms with E-state index in [4.69, 9.17) is 0 Å². The highest BCUT2D eigenvalue weighted by Crippen LogP contribution is 2.41. The minimum absolute atomic E-state index is 0.297. The quantitative estimate of drug-likeness (QED) is 0.855. The number of hydrogen-bond donors (Lipinski definition) is 2. The van der Waals surface area contributed by atoms with Gasteiger partial charge in [0.25, 0.3) is 0 Å². The van der Waals surface area contributed by atoms with Gasteiger partial charge in [0.15, 0.2) is 0 Å². The zero-order chi connectivity index (χ0) is 18.9. The minimum Gasteiger partial charge on any atom is -0.326 e. The predicted octanol–water partition coefficient (Wildman–Crippen LogP) is 4.23. The fourth-order valence-corrected chi connectivity index (χ4v) is 2.80. The zero-order valence-corrected chi connectivity index (χ0v) is 13.9. The number of rotatable bonds is 4. The number of para-hydroxylation sites is 1. The lowest BCUT2D eigenvalue weighted by Crippen LogP contribution is -2.22. The number of anilines is 2.